The van der Waals surface area contributed by atoms with Crippen molar-refractivity contribution in [2.24, 2.45) is 5.73 Å². The van der Waals surface area contributed by atoms with Crippen molar-refractivity contribution in [3.63, 3.8) is 0 Å². The van der Waals surface area contributed by atoms with Gasteiger partial charge < -0.3 is 15.2 Å². The SMILES string of the molecule is N=N.NC1CCC(OCc2cccc([N+](=O)[O-])c2)CC1.O=C1c2ccccc2C(=O)N1C1CCC(OCc2cccc([N+](=O)[O-])c2)CC1.[HH]. The van der Waals surface area contributed by atoms with Gasteiger partial charge in [-0.15, -0.1) is 0 Å². The molecule has 14 nitrogen and oxygen atoms in total. The molecule has 2 saturated carbocycles. The summed E-state index contributed by atoms with van der Waals surface area (Å²) in [4.78, 5) is 47.3. The quantitative estimate of drug-likeness (QED) is 0.0934. The number of nitrogens with two attached hydrogens (primary N) is 1. The second kappa shape index (κ2) is 17.3. The number of nitro benzene ring substituents is 2. The predicted molar refractivity (Wildman–Crippen MR) is 177 cm³/mol. The van der Waals surface area contributed by atoms with Crippen LogP contribution in [0.5, 0.6) is 0 Å². The van der Waals surface area contributed by atoms with Gasteiger partial charge in [0.2, 0.25) is 0 Å². The minimum atomic E-state index is -0.420. The Morgan fingerprint density at radius 1 is 0.688 bits per heavy atom. The molecule has 6 rings (SSSR count). The lowest BCUT2D eigenvalue weighted by molar-refractivity contribution is -0.385. The molecule has 0 atom stereocenters. The maximum atomic E-state index is 12.6. The number of ether oxygens (including phenoxy) is 2. The maximum absolute atomic E-state index is 12.6. The third-order valence-corrected chi connectivity index (χ3v) is 8.77. The minimum Gasteiger partial charge on any atom is -0.374 e. The Labute approximate surface area is 279 Å². The number of carbonyl (C=O) groups is 2. The summed E-state index contributed by atoms with van der Waals surface area (Å²) in [5.74, 6) is -0.414. The smallest absolute Gasteiger partial charge is 0.269 e. The van der Waals surface area contributed by atoms with Gasteiger partial charge in [-0.1, -0.05) is 36.4 Å². The Morgan fingerprint density at radius 2 is 1.10 bits per heavy atom. The Bertz CT molecular complexity index is 1560. The van der Waals surface area contributed by atoms with Crippen LogP contribution in [-0.2, 0) is 22.7 Å². The number of nitrogens with zero attached hydrogens (tertiary/aromatic N) is 3. The molecule has 1 aliphatic heterocycles. The zero-order valence-electron chi connectivity index (χ0n) is 26.5. The summed E-state index contributed by atoms with van der Waals surface area (Å²) in [6, 6.07) is 20.2. The van der Waals surface area contributed by atoms with Crippen LogP contribution in [0.25, 0.3) is 0 Å². The fourth-order valence-corrected chi connectivity index (χ4v) is 6.21. The molecule has 3 aromatic rings. The maximum Gasteiger partial charge on any atom is 0.269 e. The molecule has 3 aromatic carbocycles. The molecular formula is C34H42N6O8. The number of benzene rings is 3. The molecule has 0 saturated heterocycles. The summed E-state index contributed by atoms with van der Waals surface area (Å²) in [5.41, 5.74) is 18.6. The number of nitro groups is 2. The first kappa shape index (κ1) is 35.9. The fourth-order valence-electron chi connectivity index (χ4n) is 6.21. The first-order chi connectivity index (χ1) is 23.2. The van der Waals surface area contributed by atoms with E-state index in [4.69, 9.17) is 26.3 Å². The number of nitrogens with one attached hydrogen (secondary N) is 2. The third-order valence-electron chi connectivity index (χ3n) is 8.77. The van der Waals surface area contributed by atoms with E-state index in [-0.39, 0.29) is 47.8 Å². The summed E-state index contributed by atoms with van der Waals surface area (Å²) in [6.07, 6.45) is 7.11. The van der Waals surface area contributed by atoms with Crippen LogP contribution in [0.4, 0.5) is 11.4 Å². The molecule has 0 spiro atoms. The third kappa shape index (κ3) is 9.33. The fraction of sp³-hybridized carbons (Fsp3) is 0.412. The second-order valence-electron chi connectivity index (χ2n) is 12.0. The number of hydrogen-bond donors (Lipinski definition) is 3. The topological polar surface area (TPSA) is 216 Å². The van der Waals surface area contributed by atoms with E-state index in [0.29, 0.717) is 43.2 Å². The van der Waals surface area contributed by atoms with Crippen LogP contribution >= 0.6 is 0 Å². The van der Waals surface area contributed by atoms with E-state index < -0.39 is 4.92 Å². The molecule has 3 aliphatic rings. The summed E-state index contributed by atoms with van der Waals surface area (Å²) >= 11 is 0. The van der Waals surface area contributed by atoms with Gasteiger partial charge in [0, 0.05) is 37.8 Å². The standard InChI is InChI=1S/C21H20N2O5.C13H18N2O3.H2N2.H2/c24-20-18-6-1-2-7-19(18)21(25)22(20)15-8-10-17(11-9-15)28-13-14-4-3-5-16(12-14)23(26)27;14-11-4-6-13(7-5-11)18-9-10-2-1-3-12(8-10)15(16)17;1-2;/h1-7,12,15,17H,8-11,13H2;1-3,8,11,13H,4-7,9,14H2;1-2H;1H. The Morgan fingerprint density at radius 3 is 1.52 bits per heavy atom. The van der Waals surface area contributed by atoms with Gasteiger partial charge in [-0.3, -0.25) is 34.7 Å². The molecule has 2 aliphatic carbocycles. The highest BCUT2D eigenvalue weighted by Crippen LogP contribution is 2.32. The van der Waals surface area contributed by atoms with Gasteiger partial charge in [-0.25, -0.2) is 11.1 Å². The van der Waals surface area contributed by atoms with Crippen LogP contribution in [0, 0.1) is 31.3 Å². The van der Waals surface area contributed by atoms with Gasteiger partial charge in [0.15, 0.2) is 0 Å². The van der Waals surface area contributed by atoms with Crippen LogP contribution in [0.1, 0.15) is 84.6 Å². The van der Waals surface area contributed by atoms with Gasteiger partial charge in [0.25, 0.3) is 23.2 Å². The predicted octanol–water partition coefficient (Wildman–Crippen LogP) is 6.94. The number of carbonyl (C=O) groups excluding carboxylic acids is 2. The van der Waals surface area contributed by atoms with E-state index in [2.05, 4.69) is 0 Å². The minimum absolute atomic E-state index is 0. The molecule has 14 heteroatoms. The largest absolute Gasteiger partial charge is 0.374 e. The summed E-state index contributed by atoms with van der Waals surface area (Å²) in [5, 5.41) is 21.5. The van der Waals surface area contributed by atoms with Crippen LogP contribution < -0.4 is 5.73 Å². The van der Waals surface area contributed by atoms with Crippen LogP contribution in [0.3, 0.4) is 0 Å². The van der Waals surface area contributed by atoms with E-state index in [9.17, 15) is 29.8 Å². The highest BCUT2D eigenvalue weighted by atomic mass is 16.6. The van der Waals surface area contributed by atoms with E-state index in [1.54, 1.807) is 48.5 Å². The zero-order valence-corrected chi connectivity index (χ0v) is 26.5. The van der Waals surface area contributed by atoms with Crippen molar-refractivity contribution in [2.75, 3.05) is 0 Å². The van der Waals surface area contributed by atoms with E-state index in [1.165, 1.54) is 23.1 Å². The van der Waals surface area contributed by atoms with Crippen molar-refractivity contribution >= 4 is 23.2 Å². The molecule has 0 radical (unpaired) electrons. The number of imide groups is 1. The molecule has 0 aromatic heterocycles. The van der Waals surface area contributed by atoms with Gasteiger partial charge in [-0.2, -0.15) is 0 Å². The summed E-state index contributed by atoms with van der Waals surface area (Å²) in [7, 11) is 0. The van der Waals surface area contributed by atoms with Gasteiger partial charge in [0.1, 0.15) is 0 Å². The van der Waals surface area contributed by atoms with Crippen molar-refractivity contribution < 1.29 is 30.3 Å². The average Bonchev–Trinajstić information content (AvgIpc) is 3.37. The Balaban J connectivity index is 0.000000269. The molecule has 4 N–H and O–H groups in total. The van der Waals surface area contributed by atoms with Gasteiger partial charge >= 0.3 is 0 Å². The number of amides is 2. The monoisotopic (exact) mass is 662 g/mol. The number of non-ortho nitro benzene ring substituents is 2. The van der Waals surface area contributed by atoms with E-state index in [1.807, 2.05) is 6.07 Å². The van der Waals surface area contributed by atoms with Crippen molar-refractivity contribution in [3.8, 4) is 0 Å². The summed E-state index contributed by atoms with van der Waals surface area (Å²) < 4.78 is 11.7. The normalized spacial score (nSPS) is 21.6. The number of hydrogen-bond acceptors (Lipinski definition) is 11. The number of fused-ring (bicyclic) bond motifs is 1. The lowest BCUT2D eigenvalue weighted by Crippen LogP contribution is -2.43. The summed E-state index contributed by atoms with van der Waals surface area (Å²) in [6.45, 7) is 0.742. The van der Waals surface area contributed by atoms with Crippen molar-refractivity contribution in [1.29, 1.82) is 11.1 Å². The van der Waals surface area contributed by atoms with E-state index in [0.717, 1.165) is 49.7 Å². The second-order valence-corrected chi connectivity index (χ2v) is 12.0. The van der Waals surface area contributed by atoms with Crippen LogP contribution in [0.15, 0.2) is 72.8 Å². The number of rotatable bonds is 9. The van der Waals surface area contributed by atoms with Crippen molar-refractivity contribution in [1.82, 2.24) is 4.90 Å². The molecule has 0 unspecified atom stereocenters. The lowest BCUT2D eigenvalue weighted by atomic mass is 9.92. The molecule has 2 fully saturated rings. The van der Waals surface area contributed by atoms with Crippen molar-refractivity contribution in [2.45, 2.75) is 88.9 Å². The molecular weight excluding hydrogens is 620 g/mol. The Kier molecular flexibility index (Phi) is 12.9. The zero-order chi connectivity index (χ0) is 34.6. The highest BCUT2D eigenvalue weighted by molar-refractivity contribution is 6.21. The van der Waals surface area contributed by atoms with Crippen LogP contribution in [0.2, 0.25) is 0 Å². The highest BCUT2D eigenvalue weighted by Gasteiger charge is 2.41. The van der Waals surface area contributed by atoms with Crippen molar-refractivity contribution in [3.05, 3.63) is 115 Å². The molecule has 48 heavy (non-hydrogen) atoms. The first-order valence-corrected chi connectivity index (χ1v) is 15.9. The lowest BCUT2D eigenvalue weighted by Gasteiger charge is -2.33. The van der Waals surface area contributed by atoms with E-state index >= 15 is 0 Å². The first-order valence-electron chi connectivity index (χ1n) is 15.9. The molecule has 0 bridgehead atoms. The molecule has 256 valence electrons. The Hall–Kier alpha value is -4.92. The van der Waals surface area contributed by atoms with Gasteiger partial charge in [0.05, 0.1) is 46.4 Å². The molecule has 2 amide bonds. The molecule has 1 heterocycles. The average molecular weight is 663 g/mol. The van der Waals surface area contributed by atoms with Crippen LogP contribution in [-0.4, -0.2) is 50.9 Å². The van der Waals surface area contributed by atoms with Gasteiger partial charge in [-0.05, 0) is 74.6 Å².